The molecule has 0 amide bonds. The van der Waals surface area contributed by atoms with Crippen LogP contribution in [0.4, 0.5) is 11.6 Å². The Hall–Kier alpha value is -3.16. The number of aromatic nitrogens is 4. The molecule has 13 nitrogen and oxygen atoms in total. The number of anilines is 2. The van der Waals surface area contributed by atoms with Crippen molar-refractivity contribution in [1.82, 2.24) is 19.9 Å². The van der Waals surface area contributed by atoms with E-state index in [-0.39, 0.29) is 59.9 Å². The third kappa shape index (κ3) is 11.9. The Bertz CT molecular complexity index is 2310. The molecule has 1 fully saturated rings. The third-order valence-corrected chi connectivity index (χ3v) is 12.4. The van der Waals surface area contributed by atoms with Crippen molar-refractivity contribution in [3.05, 3.63) is 108 Å². The second-order valence-electron chi connectivity index (χ2n) is 11.1. The van der Waals surface area contributed by atoms with Crippen LogP contribution in [0.2, 0.25) is 20.1 Å². The lowest BCUT2D eigenvalue weighted by Crippen LogP contribution is -2.16. The Morgan fingerprint density at radius 1 is 0.648 bits per heavy atom. The van der Waals surface area contributed by atoms with Gasteiger partial charge in [-0.05, 0) is 87.0 Å². The van der Waals surface area contributed by atoms with Crippen molar-refractivity contribution >= 4 is 110 Å². The molecule has 0 unspecified atom stereocenters. The number of rotatable bonds is 15. The lowest BCUT2D eigenvalue weighted by Gasteiger charge is -2.13. The van der Waals surface area contributed by atoms with Crippen LogP contribution < -0.4 is 23.7 Å². The van der Waals surface area contributed by atoms with Crippen molar-refractivity contribution in [1.29, 1.82) is 0 Å². The van der Waals surface area contributed by atoms with Crippen LogP contribution in [0.5, 0.6) is 17.5 Å². The molecule has 0 saturated heterocycles. The van der Waals surface area contributed by atoms with Gasteiger partial charge in [-0.15, -0.1) is 0 Å². The van der Waals surface area contributed by atoms with Crippen molar-refractivity contribution in [2.45, 2.75) is 29.1 Å². The van der Waals surface area contributed by atoms with Crippen LogP contribution in [0.15, 0.2) is 98.1 Å². The molecule has 0 radical (unpaired) electrons. The zero-order valence-electron chi connectivity index (χ0n) is 27.6. The summed E-state index contributed by atoms with van der Waals surface area (Å²) < 4.78 is 73.0. The summed E-state index contributed by atoms with van der Waals surface area (Å²) in [5.41, 5.74) is 0. The molecule has 21 heteroatoms. The van der Waals surface area contributed by atoms with Crippen molar-refractivity contribution in [3.8, 4) is 17.5 Å². The number of benzene rings is 3. The van der Waals surface area contributed by atoms with Crippen LogP contribution in [-0.2, 0) is 20.0 Å². The average Bonchev–Trinajstić information content (AvgIpc) is 3.97. The maximum Gasteiger partial charge on any atom is 0.264 e. The van der Waals surface area contributed by atoms with E-state index in [1.807, 2.05) is 30.3 Å². The fourth-order valence-corrected chi connectivity index (χ4v) is 8.27. The van der Waals surface area contributed by atoms with Gasteiger partial charge in [-0.2, -0.15) is 0 Å². The van der Waals surface area contributed by atoms with Gasteiger partial charge in [-0.1, -0.05) is 76.7 Å². The first-order valence-electron chi connectivity index (χ1n) is 15.7. The summed E-state index contributed by atoms with van der Waals surface area (Å²) in [5.74, 6) is 1.29. The van der Waals surface area contributed by atoms with Gasteiger partial charge in [0.2, 0.25) is 11.6 Å². The molecule has 1 aliphatic carbocycles. The molecule has 3 aromatic carbocycles. The Morgan fingerprint density at radius 3 is 1.63 bits per heavy atom. The fraction of sp³-hybridized carbons (Fsp3) is 0.212. The van der Waals surface area contributed by atoms with Gasteiger partial charge in [0.1, 0.15) is 24.7 Å². The average molecular weight is 986 g/mol. The van der Waals surface area contributed by atoms with Crippen LogP contribution in [0.1, 0.15) is 19.3 Å². The largest absolute Gasteiger partial charge is 0.493 e. The van der Waals surface area contributed by atoms with E-state index < -0.39 is 20.0 Å². The van der Waals surface area contributed by atoms with E-state index in [1.165, 1.54) is 48.8 Å². The predicted octanol–water partition coefficient (Wildman–Crippen LogP) is 9.33. The minimum absolute atomic E-state index is 0.00473. The molecule has 286 valence electrons. The Morgan fingerprint density at radius 2 is 1.13 bits per heavy atom. The number of para-hydroxylation sites is 1. The van der Waals surface area contributed by atoms with Gasteiger partial charge >= 0.3 is 0 Å². The van der Waals surface area contributed by atoms with E-state index >= 15 is 0 Å². The standard InChI is InChI=1S/C19H16BrCl2N3O4S.C14H12BrCl2N3O3S/c20-16-12-23-18(25-30(26,27)15-9-4-8-14(21)17(15)22)19(24-16)29-11-5-10-28-13-6-2-1-3-7-13;15-11-6-18-13(14(19-11)23-7-8-4-5-8)20-24(21,22)10-3-1-2-9(16)12(10)17/h1-4,6-9,12H,5,10-11H2,(H,23,25);1-3,6,8H,4-5,7H2,(H,18,20). The highest BCUT2D eigenvalue weighted by Gasteiger charge is 2.26. The number of hydrogen-bond donors (Lipinski definition) is 2. The molecule has 1 aliphatic rings. The van der Waals surface area contributed by atoms with E-state index in [0.717, 1.165) is 18.6 Å². The lowest BCUT2D eigenvalue weighted by molar-refractivity contribution is 0.242. The highest BCUT2D eigenvalue weighted by atomic mass is 79.9. The summed E-state index contributed by atoms with van der Waals surface area (Å²) in [6, 6.07) is 18.1. The molecule has 0 spiro atoms. The predicted molar refractivity (Wildman–Crippen MR) is 214 cm³/mol. The van der Waals surface area contributed by atoms with Crippen LogP contribution >= 0.6 is 78.3 Å². The SMILES string of the molecule is O=S(=O)(Nc1ncc(Br)nc1OCC1CC1)c1cccc(Cl)c1Cl.O=S(=O)(Nc1ncc(Br)nc1OCCCOc1ccccc1)c1cccc(Cl)c1Cl. The first kappa shape index (κ1) is 42.0. The monoisotopic (exact) mass is 982 g/mol. The summed E-state index contributed by atoms with van der Waals surface area (Å²) in [4.78, 5) is 16.1. The molecule has 2 heterocycles. The van der Waals surface area contributed by atoms with Gasteiger partial charge in [-0.25, -0.2) is 36.8 Å². The van der Waals surface area contributed by atoms with Crippen LogP contribution in [0, 0.1) is 5.92 Å². The molecule has 2 aromatic heterocycles. The number of ether oxygens (including phenoxy) is 3. The molecule has 2 N–H and O–H groups in total. The minimum Gasteiger partial charge on any atom is -0.493 e. The number of halogens is 6. The quantitative estimate of drug-likeness (QED) is 0.0958. The lowest BCUT2D eigenvalue weighted by atomic mass is 10.3. The van der Waals surface area contributed by atoms with Gasteiger partial charge < -0.3 is 14.2 Å². The molecular formula is C33H28Br2Cl4N6O7S2. The highest BCUT2D eigenvalue weighted by Crippen LogP contribution is 2.34. The zero-order valence-corrected chi connectivity index (χ0v) is 35.4. The van der Waals surface area contributed by atoms with Gasteiger partial charge in [0.05, 0.1) is 52.3 Å². The summed E-state index contributed by atoms with van der Waals surface area (Å²) in [7, 11) is -8.05. The van der Waals surface area contributed by atoms with E-state index in [1.54, 1.807) is 0 Å². The maximum absolute atomic E-state index is 12.7. The highest BCUT2D eigenvalue weighted by molar-refractivity contribution is 9.10. The molecule has 5 aromatic rings. The number of nitrogens with one attached hydrogen (secondary N) is 2. The van der Waals surface area contributed by atoms with E-state index in [2.05, 4.69) is 61.2 Å². The van der Waals surface area contributed by atoms with Crippen LogP contribution in [0.25, 0.3) is 0 Å². The molecular weight excluding hydrogens is 958 g/mol. The summed E-state index contributed by atoms with van der Waals surface area (Å²) >= 11 is 30.2. The van der Waals surface area contributed by atoms with Gasteiger partial charge in [-0.3, -0.25) is 9.44 Å². The second-order valence-corrected chi connectivity index (χ2v) is 17.6. The topological polar surface area (TPSA) is 172 Å². The van der Waals surface area contributed by atoms with Gasteiger partial charge in [0, 0.05) is 6.42 Å². The number of sulfonamides is 2. The smallest absolute Gasteiger partial charge is 0.264 e. The van der Waals surface area contributed by atoms with E-state index in [9.17, 15) is 16.8 Å². The zero-order chi connectivity index (χ0) is 38.9. The van der Waals surface area contributed by atoms with Crippen molar-refractivity contribution in [3.63, 3.8) is 0 Å². The molecule has 6 rings (SSSR count). The van der Waals surface area contributed by atoms with E-state index in [0.29, 0.717) is 34.8 Å². The third-order valence-electron chi connectivity index (χ3n) is 6.99. The van der Waals surface area contributed by atoms with E-state index in [4.69, 9.17) is 60.6 Å². The van der Waals surface area contributed by atoms with Crippen molar-refractivity contribution in [2.24, 2.45) is 5.92 Å². The minimum atomic E-state index is -4.06. The summed E-state index contributed by atoms with van der Waals surface area (Å²) in [5, 5.41) is 0.123. The molecule has 1 saturated carbocycles. The molecule has 0 aliphatic heterocycles. The van der Waals surface area contributed by atoms with Crippen molar-refractivity contribution in [2.75, 3.05) is 29.3 Å². The second kappa shape index (κ2) is 19.1. The summed E-state index contributed by atoms with van der Waals surface area (Å²) in [6.07, 6.45) is 5.47. The fourth-order valence-electron chi connectivity index (χ4n) is 4.21. The van der Waals surface area contributed by atoms with Crippen LogP contribution in [0.3, 0.4) is 0 Å². The molecule has 54 heavy (non-hydrogen) atoms. The maximum atomic E-state index is 12.7. The summed E-state index contributed by atoms with van der Waals surface area (Å²) in [6.45, 7) is 1.13. The first-order chi connectivity index (χ1) is 25.7. The van der Waals surface area contributed by atoms with Gasteiger partial charge in [0.15, 0.2) is 0 Å². The number of hydrogen-bond acceptors (Lipinski definition) is 11. The molecule has 0 bridgehead atoms. The Balaban J connectivity index is 0.000000213. The Kier molecular flexibility index (Phi) is 14.9. The Labute approximate surface area is 348 Å². The first-order valence-corrected chi connectivity index (χ1v) is 21.7. The van der Waals surface area contributed by atoms with Crippen molar-refractivity contribution < 1.29 is 31.0 Å². The number of nitrogens with zero attached hydrogens (tertiary/aromatic N) is 4. The van der Waals surface area contributed by atoms with Crippen LogP contribution in [-0.4, -0.2) is 56.6 Å². The van der Waals surface area contributed by atoms with Gasteiger partial charge in [0.25, 0.3) is 31.8 Å². The molecule has 0 atom stereocenters. The normalized spacial score (nSPS) is 12.6.